The molecular formula is C14H19F3N4. The van der Waals surface area contributed by atoms with Crippen LogP contribution in [0, 0.1) is 0 Å². The van der Waals surface area contributed by atoms with Gasteiger partial charge in [-0.15, -0.1) is 0 Å². The Morgan fingerprint density at radius 3 is 2.52 bits per heavy atom. The van der Waals surface area contributed by atoms with Crippen LogP contribution in [-0.4, -0.2) is 34.6 Å². The molecule has 2 unspecified atom stereocenters. The van der Waals surface area contributed by atoms with Gasteiger partial charge in [-0.25, -0.2) is 9.97 Å². The van der Waals surface area contributed by atoms with Gasteiger partial charge >= 0.3 is 6.18 Å². The zero-order valence-corrected chi connectivity index (χ0v) is 11.9. The van der Waals surface area contributed by atoms with E-state index in [9.17, 15) is 13.2 Å². The number of halogens is 3. The van der Waals surface area contributed by atoms with Gasteiger partial charge in [0.15, 0.2) is 0 Å². The highest BCUT2D eigenvalue weighted by Crippen LogP contribution is 2.32. The second kappa shape index (κ2) is 5.44. The quantitative estimate of drug-likeness (QED) is 0.931. The van der Waals surface area contributed by atoms with E-state index in [0.717, 1.165) is 31.7 Å². The maximum atomic E-state index is 12.8. The van der Waals surface area contributed by atoms with Crippen LogP contribution in [0.3, 0.4) is 0 Å². The molecule has 7 heteroatoms. The van der Waals surface area contributed by atoms with Crippen molar-refractivity contribution < 1.29 is 13.2 Å². The molecular weight excluding hydrogens is 281 g/mol. The predicted molar refractivity (Wildman–Crippen MR) is 73.0 cm³/mol. The summed E-state index contributed by atoms with van der Waals surface area (Å²) < 4.78 is 38.4. The van der Waals surface area contributed by atoms with Gasteiger partial charge in [0.05, 0.1) is 0 Å². The molecule has 3 rings (SSSR count). The Morgan fingerprint density at radius 2 is 1.95 bits per heavy atom. The van der Waals surface area contributed by atoms with Gasteiger partial charge in [0.25, 0.3) is 0 Å². The zero-order valence-electron chi connectivity index (χ0n) is 11.9. The van der Waals surface area contributed by atoms with Gasteiger partial charge < -0.3 is 10.2 Å². The summed E-state index contributed by atoms with van der Waals surface area (Å²) in [5.41, 5.74) is -0.872. The molecule has 0 amide bonds. The Morgan fingerprint density at radius 1 is 1.29 bits per heavy atom. The summed E-state index contributed by atoms with van der Waals surface area (Å²) in [6.45, 7) is 2.55. The summed E-state index contributed by atoms with van der Waals surface area (Å²) in [5, 5.41) is 3.54. The molecule has 116 valence electrons. The van der Waals surface area contributed by atoms with Crippen molar-refractivity contribution in [2.24, 2.45) is 0 Å². The number of fused-ring (bicyclic) bond motifs is 2. The SMILES string of the molecule is CCN(c1nccc(C(F)(F)F)n1)C1CC2CCC(C1)N2. The minimum absolute atomic E-state index is 0.193. The van der Waals surface area contributed by atoms with E-state index in [2.05, 4.69) is 15.3 Å². The monoisotopic (exact) mass is 300 g/mol. The number of rotatable bonds is 3. The predicted octanol–water partition coefficient (Wildman–Crippen LogP) is 2.60. The van der Waals surface area contributed by atoms with Gasteiger partial charge in [0.2, 0.25) is 5.95 Å². The second-order valence-electron chi connectivity index (χ2n) is 5.79. The topological polar surface area (TPSA) is 41.1 Å². The Hall–Kier alpha value is -1.37. The molecule has 2 fully saturated rings. The molecule has 4 nitrogen and oxygen atoms in total. The molecule has 0 aliphatic carbocycles. The smallest absolute Gasteiger partial charge is 0.338 e. The Bertz CT molecular complexity index is 493. The van der Waals surface area contributed by atoms with E-state index in [4.69, 9.17) is 0 Å². The van der Waals surface area contributed by atoms with Crippen molar-refractivity contribution in [1.29, 1.82) is 0 Å². The molecule has 1 aromatic rings. The van der Waals surface area contributed by atoms with Gasteiger partial charge in [-0.1, -0.05) is 0 Å². The van der Waals surface area contributed by atoms with E-state index in [1.165, 1.54) is 6.20 Å². The van der Waals surface area contributed by atoms with Crippen LogP contribution in [-0.2, 0) is 6.18 Å². The Kier molecular flexibility index (Phi) is 3.77. The van der Waals surface area contributed by atoms with Crippen molar-refractivity contribution in [3.05, 3.63) is 18.0 Å². The first-order chi connectivity index (χ1) is 9.97. The normalized spacial score (nSPS) is 28.7. The van der Waals surface area contributed by atoms with Crippen LogP contribution >= 0.6 is 0 Å². The number of anilines is 1. The number of nitrogens with one attached hydrogen (secondary N) is 1. The number of hydrogen-bond donors (Lipinski definition) is 1. The van der Waals surface area contributed by atoms with Crippen molar-refractivity contribution in [2.75, 3.05) is 11.4 Å². The van der Waals surface area contributed by atoms with E-state index >= 15 is 0 Å². The molecule has 0 spiro atoms. The number of alkyl halides is 3. The Labute approximate surface area is 121 Å². The Balaban J connectivity index is 1.83. The van der Waals surface area contributed by atoms with E-state index < -0.39 is 11.9 Å². The average molecular weight is 300 g/mol. The molecule has 2 bridgehead atoms. The standard InChI is InChI=1S/C14H19F3N4/c1-2-21(11-7-9-3-4-10(8-11)19-9)13-18-6-5-12(20-13)14(15,16)17/h5-6,9-11,19H,2-4,7-8H2,1H3. The fourth-order valence-corrected chi connectivity index (χ4v) is 3.49. The minimum Gasteiger partial charge on any atom is -0.338 e. The average Bonchev–Trinajstić information content (AvgIpc) is 2.78. The summed E-state index contributed by atoms with van der Waals surface area (Å²) in [6.07, 6.45) is 0.978. The molecule has 21 heavy (non-hydrogen) atoms. The molecule has 1 aromatic heterocycles. The lowest BCUT2D eigenvalue weighted by Gasteiger charge is -2.37. The van der Waals surface area contributed by atoms with E-state index in [1.54, 1.807) is 0 Å². The molecule has 0 aromatic carbocycles. The molecule has 2 atom stereocenters. The molecule has 2 aliphatic rings. The fourth-order valence-electron chi connectivity index (χ4n) is 3.49. The van der Waals surface area contributed by atoms with Gasteiger partial charge in [-0.3, -0.25) is 0 Å². The van der Waals surface area contributed by atoms with Crippen molar-refractivity contribution >= 4 is 5.95 Å². The highest BCUT2D eigenvalue weighted by molar-refractivity contribution is 5.33. The van der Waals surface area contributed by atoms with Gasteiger partial charge in [0, 0.05) is 30.9 Å². The van der Waals surface area contributed by atoms with Crippen molar-refractivity contribution in [1.82, 2.24) is 15.3 Å². The maximum absolute atomic E-state index is 12.8. The fraction of sp³-hybridized carbons (Fsp3) is 0.714. The first-order valence-electron chi connectivity index (χ1n) is 7.40. The number of piperidine rings is 1. The maximum Gasteiger partial charge on any atom is 0.433 e. The van der Waals surface area contributed by atoms with E-state index in [0.29, 0.717) is 18.6 Å². The summed E-state index contributed by atoms with van der Waals surface area (Å²) >= 11 is 0. The summed E-state index contributed by atoms with van der Waals surface area (Å²) in [5.74, 6) is 0.193. The van der Waals surface area contributed by atoms with Crippen LogP contribution in [0.4, 0.5) is 19.1 Å². The number of hydrogen-bond acceptors (Lipinski definition) is 4. The first-order valence-corrected chi connectivity index (χ1v) is 7.40. The molecule has 2 saturated heterocycles. The number of nitrogens with zero attached hydrogens (tertiary/aromatic N) is 3. The van der Waals surface area contributed by atoms with E-state index in [-0.39, 0.29) is 12.0 Å². The molecule has 1 N–H and O–H groups in total. The lowest BCUT2D eigenvalue weighted by atomic mass is 9.98. The lowest BCUT2D eigenvalue weighted by molar-refractivity contribution is -0.141. The third kappa shape index (κ3) is 2.97. The first kappa shape index (κ1) is 14.6. The van der Waals surface area contributed by atoms with Crippen molar-refractivity contribution in [3.63, 3.8) is 0 Å². The van der Waals surface area contributed by atoms with Crippen LogP contribution in [0.1, 0.15) is 38.3 Å². The zero-order chi connectivity index (χ0) is 15.0. The lowest BCUT2D eigenvalue weighted by Crippen LogP contribution is -2.49. The summed E-state index contributed by atoms with van der Waals surface area (Å²) in [4.78, 5) is 9.71. The summed E-state index contributed by atoms with van der Waals surface area (Å²) in [6, 6.07) is 2.10. The molecule has 0 saturated carbocycles. The van der Waals surface area contributed by atoms with Crippen LogP contribution in [0.2, 0.25) is 0 Å². The van der Waals surface area contributed by atoms with Crippen LogP contribution < -0.4 is 10.2 Å². The van der Waals surface area contributed by atoms with Crippen LogP contribution in [0.25, 0.3) is 0 Å². The highest BCUT2D eigenvalue weighted by Gasteiger charge is 2.37. The van der Waals surface area contributed by atoms with Crippen molar-refractivity contribution in [2.45, 2.75) is 56.9 Å². The molecule has 3 heterocycles. The molecule has 2 aliphatic heterocycles. The molecule has 0 radical (unpaired) electrons. The summed E-state index contributed by atoms with van der Waals surface area (Å²) in [7, 11) is 0. The largest absolute Gasteiger partial charge is 0.433 e. The van der Waals surface area contributed by atoms with Gasteiger partial charge in [-0.2, -0.15) is 13.2 Å². The van der Waals surface area contributed by atoms with Crippen molar-refractivity contribution in [3.8, 4) is 0 Å². The van der Waals surface area contributed by atoms with Gasteiger partial charge in [-0.05, 0) is 38.7 Å². The third-order valence-electron chi connectivity index (χ3n) is 4.42. The minimum atomic E-state index is -4.43. The van der Waals surface area contributed by atoms with E-state index in [1.807, 2.05) is 11.8 Å². The highest BCUT2D eigenvalue weighted by atomic mass is 19.4. The van der Waals surface area contributed by atoms with Crippen LogP contribution in [0.5, 0.6) is 0 Å². The van der Waals surface area contributed by atoms with Gasteiger partial charge in [0.1, 0.15) is 5.69 Å². The third-order valence-corrected chi connectivity index (χ3v) is 4.42. The second-order valence-corrected chi connectivity index (χ2v) is 5.79. The number of aromatic nitrogens is 2. The van der Waals surface area contributed by atoms with Crippen LogP contribution in [0.15, 0.2) is 12.3 Å².